The van der Waals surface area contributed by atoms with E-state index in [0.29, 0.717) is 12.4 Å². The standard InChI is InChI=1S/C27H31NO4.ClH/c1-3-17-32-25-18-23(13-14-24(25)27(30)31)21-11-9-20(10-12-21)15-16-28-19(2)26(29)22-7-5-4-6-8-22;/h4-14,18-19,26,28-29H,3,15-17H2,1-2H3,(H,30,31);1H/t19-,26+;/m0./s1. The van der Waals surface area contributed by atoms with E-state index in [-0.39, 0.29) is 24.0 Å². The third kappa shape index (κ3) is 7.32. The molecule has 0 amide bonds. The maximum Gasteiger partial charge on any atom is 0.339 e. The van der Waals surface area contributed by atoms with Crippen LogP contribution in [0.2, 0.25) is 0 Å². The zero-order valence-electron chi connectivity index (χ0n) is 19.0. The van der Waals surface area contributed by atoms with Gasteiger partial charge < -0.3 is 20.3 Å². The van der Waals surface area contributed by atoms with Crippen LogP contribution in [0.4, 0.5) is 0 Å². The molecule has 6 heteroatoms. The Labute approximate surface area is 201 Å². The van der Waals surface area contributed by atoms with Crippen molar-refractivity contribution < 1.29 is 19.7 Å². The fourth-order valence-electron chi connectivity index (χ4n) is 3.57. The van der Waals surface area contributed by atoms with Crippen LogP contribution in [0.3, 0.4) is 0 Å². The van der Waals surface area contributed by atoms with E-state index in [4.69, 9.17) is 4.74 Å². The Morgan fingerprint density at radius 3 is 2.30 bits per heavy atom. The smallest absolute Gasteiger partial charge is 0.339 e. The minimum absolute atomic E-state index is 0. The van der Waals surface area contributed by atoms with Gasteiger partial charge in [0.05, 0.1) is 12.7 Å². The van der Waals surface area contributed by atoms with E-state index >= 15 is 0 Å². The van der Waals surface area contributed by atoms with Crippen LogP contribution in [0.1, 0.15) is 47.9 Å². The number of aliphatic hydroxyl groups excluding tert-OH is 1. The number of ether oxygens (including phenoxy) is 1. The van der Waals surface area contributed by atoms with Crippen molar-refractivity contribution in [2.75, 3.05) is 13.2 Å². The average Bonchev–Trinajstić information content (AvgIpc) is 2.82. The summed E-state index contributed by atoms with van der Waals surface area (Å²) >= 11 is 0. The average molecular weight is 470 g/mol. The maximum atomic E-state index is 11.4. The predicted molar refractivity (Wildman–Crippen MR) is 134 cm³/mol. The fourth-order valence-corrected chi connectivity index (χ4v) is 3.57. The molecule has 5 nitrogen and oxygen atoms in total. The summed E-state index contributed by atoms with van der Waals surface area (Å²) in [6.07, 6.45) is 1.11. The molecule has 0 fully saturated rings. The molecule has 3 rings (SSSR count). The van der Waals surface area contributed by atoms with E-state index in [1.165, 1.54) is 5.56 Å². The minimum Gasteiger partial charge on any atom is -0.493 e. The highest BCUT2D eigenvalue weighted by Gasteiger charge is 2.15. The van der Waals surface area contributed by atoms with Gasteiger partial charge in [-0.05, 0) is 60.7 Å². The molecule has 3 N–H and O–H groups in total. The molecule has 0 heterocycles. The Morgan fingerprint density at radius 1 is 1.00 bits per heavy atom. The summed E-state index contributed by atoms with van der Waals surface area (Å²) in [7, 11) is 0. The summed E-state index contributed by atoms with van der Waals surface area (Å²) in [4.78, 5) is 11.4. The zero-order chi connectivity index (χ0) is 22.9. The molecule has 0 spiro atoms. The van der Waals surface area contributed by atoms with Gasteiger partial charge in [0.1, 0.15) is 11.3 Å². The number of nitrogens with one attached hydrogen (secondary N) is 1. The SMILES string of the molecule is CCCOc1cc(-c2ccc(CCN[C@@H](C)[C@@H](O)c3ccccc3)cc2)ccc1C(=O)O.Cl. The lowest BCUT2D eigenvalue weighted by Crippen LogP contribution is -2.33. The summed E-state index contributed by atoms with van der Waals surface area (Å²) in [6, 6.07) is 23.1. The van der Waals surface area contributed by atoms with Crippen molar-refractivity contribution >= 4 is 18.4 Å². The molecule has 3 aromatic rings. The Morgan fingerprint density at radius 2 is 1.67 bits per heavy atom. The highest BCUT2D eigenvalue weighted by Crippen LogP contribution is 2.28. The van der Waals surface area contributed by atoms with Crippen molar-refractivity contribution in [1.82, 2.24) is 5.32 Å². The second-order valence-electron chi connectivity index (χ2n) is 7.91. The zero-order valence-corrected chi connectivity index (χ0v) is 19.8. The Hall–Kier alpha value is -2.86. The number of hydrogen-bond acceptors (Lipinski definition) is 4. The molecule has 0 aromatic heterocycles. The van der Waals surface area contributed by atoms with Gasteiger partial charge in [0.2, 0.25) is 0 Å². The van der Waals surface area contributed by atoms with Crippen molar-refractivity contribution in [2.45, 2.75) is 38.8 Å². The van der Waals surface area contributed by atoms with Crippen molar-refractivity contribution in [2.24, 2.45) is 0 Å². The van der Waals surface area contributed by atoms with E-state index in [9.17, 15) is 15.0 Å². The fraction of sp³-hybridized carbons (Fsp3) is 0.296. The van der Waals surface area contributed by atoms with Gasteiger partial charge in [-0.3, -0.25) is 0 Å². The van der Waals surface area contributed by atoms with E-state index in [2.05, 4.69) is 17.4 Å². The summed E-state index contributed by atoms with van der Waals surface area (Å²) in [5.41, 5.74) is 4.20. The van der Waals surface area contributed by atoms with Gasteiger partial charge in [-0.1, -0.05) is 67.6 Å². The first-order valence-electron chi connectivity index (χ1n) is 11.1. The van der Waals surface area contributed by atoms with Crippen LogP contribution >= 0.6 is 12.4 Å². The molecule has 0 radical (unpaired) electrons. The molecule has 0 aliphatic heterocycles. The number of carboxylic acids is 1. The molecule has 0 aliphatic rings. The summed E-state index contributed by atoms with van der Waals surface area (Å²) in [5.74, 6) is -0.590. The van der Waals surface area contributed by atoms with Gasteiger partial charge >= 0.3 is 5.97 Å². The first-order chi connectivity index (χ1) is 15.5. The minimum atomic E-state index is -0.989. The lowest BCUT2D eigenvalue weighted by atomic mass is 10.0. The first-order valence-corrected chi connectivity index (χ1v) is 11.1. The van der Waals surface area contributed by atoms with Crippen LogP contribution in [0.5, 0.6) is 5.75 Å². The number of aliphatic hydroxyl groups is 1. The molecule has 0 unspecified atom stereocenters. The van der Waals surface area contributed by atoms with Crippen molar-refractivity contribution in [3.63, 3.8) is 0 Å². The second-order valence-corrected chi connectivity index (χ2v) is 7.91. The van der Waals surface area contributed by atoms with Gasteiger partial charge in [0, 0.05) is 6.04 Å². The molecule has 33 heavy (non-hydrogen) atoms. The summed E-state index contributed by atoms with van der Waals surface area (Å²) < 4.78 is 5.65. The summed E-state index contributed by atoms with van der Waals surface area (Å²) in [6.45, 7) is 5.21. The van der Waals surface area contributed by atoms with E-state index < -0.39 is 12.1 Å². The van der Waals surface area contributed by atoms with Crippen LogP contribution in [-0.4, -0.2) is 35.4 Å². The van der Waals surface area contributed by atoms with Crippen LogP contribution in [-0.2, 0) is 6.42 Å². The lowest BCUT2D eigenvalue weighted by molar-refractivity contribution is 0.0692. The van der Waals surface area contributed by atoms with Gasteiger partial charge in [0.15, 0.2) is 0 Å². The van der Waals surface area contributed by atoms with Crippen LogP contribution < -0.4 is 10.1 Å². The molecule has 0 saturated carbocycles. The molecule has 0 bridgehead atoms. The highest BCUT2D eigenvalue weighted by atomic mass is 35.5. The van der Waals surface area contributed by atoms with Gasteiger partial charge in [0.25, 0.3) is 0 Å². The van der Waals surface area contributed by atoms with Crippen molar-refractivity contribution in [3.8, 4) is 16.9 Å². The normalized spacial score (nSPS) is 12.5. The molecular formula is C27H32ClNO4. The maximum absolute atomic E-state index is 11.4. The number of carbonyl (C=O) groups is 1. The third-order valence-electron chi connectivity index (χ3n) is 5.46. The lowest BCUT2D eigenvalue weighted by Gasteiger charge is -2.20. The van der Waals surface area contributed by atoms with Gasteiger partial charge in [-0.15, -0.1) is 12.4 Å². The molecule has 2 atom stereocenters. The monoisotopic (exact) mass is 469 g/mol. The molecule has 0 aliphatic carbocycles. The van der Waals surface area contributed by atoms with Crippen LogP contribution in [0, 0.1) is 0 Å². The van der Waals surface area contributed by atoms with Crippen LogP contribution in [0.25, 0.3) is 11.1 Å². The van der Waals surface area contributed by atoms with E-state index in [1.807, 2.05) is 62.4 Å². The topological polar surface area (TPSA) is 78.8 Å². The third-order valence-corrected chi connectivity index (χ3v) is 5.46. The second kappa shape index (κ2) is 13.0. The summed E-state index contributed by atoms with van der Waals surface area (Å²) in [5, 5.41) is 23.2. The predicted octanol–water partition coefficient (Wildman–Crippen LogP) is 5.52. The van der Waals surface area contributed by atoms with E-state index in [1.54, 1.807) is 12.1 Å². The molecule has 0 saturated heterocycles. The highest BCUT2D eigenvalue weighted by molar-refractivity contribution is 5.92. The molecule has 176 valence electrons. The molecule has 3 aromatic carbocycles. The number of carboxylic acid groups (broad SMARTS) is 1. The Bertz CT molecular complexity index is 1010. The van der Waals surface area contributed by atoms with E-state index in [0.717, 1.165) is 36.1 Å². The Balaban J connectivity index is 0.00000385. The van der Waals surface area contributed by atoms with Crippen LogP contribution in [0.15, 0.2) is 72.8 Å². The van der Waals surface area contributed by atoms with Gasteiger partial charge in [-0.25, -0.2) is 4.79 Å². The number of rotatable bonds is 11. The number of hydrogen-bond donors (Lipinski definition) is 3. The quantitative estimate of drug-likeness (QED) is 0.345. The largest absolute Gasteiger partial charge is 0.493 e. The van der Waals surface area contributed by atoms with Gasteiger partial charge in [-0.2, -0.15) is 0 Å². The number of halogens is 1. The Kier molecular flexibility index (Phi) is 10.4. The number of aromatic carboxylic acids is 1. The van der Waals surface area contributed by atoms with Crippen molar-refractivity contribution in [3.05, 3.63) is 89.5 Å². The molecular weight excluding hydrogens is 438 g/mol. The first kappa shape index (κ1) is 26.4. The van der Waals surface area contributed by atoms with Crippen molar-refractivity contribution in [1.29, 1.82) is 0 Å². The number of benzene rings is 3.